The molecule has 2 atom stereocenters. The van der Waals surface area contributed by atoms with Gasteiger partial charge in [-0.05, 0) is 42.7 Å². The maximum atomic E-state index is 12.9. The number of hydrogen-bond acceptors (Lipinski definition) is 6. The lowest BCUT2D eigenvalue weighted by Crippen LogP contribution is -2.34. The van der Waals surface area contributed by atoms with Crippen LogP contribution in [0.4, 0.5) is 24.1 Å². The predicted octanol–water partition coefficient (Wildman–Crippen LogP) is 4.98. The molecule has 1 amide bonds. The molecular weight excluding hydrogens is 427 g/mol. The van der Waals surface area contributed by atoms with Gasteiger partial charge in [-0.1, -0.05) is 29.9 Å². The summed E-state index contributed by atoms with van der Waals surface area (Å²) in [5.41, 5.74) is 2.19. The minimum atomic E-state index is -4.33. The lowest BCUT2D eigenvalue weighted by atomic mass is 9.92. The van der Waals surface area contributed by atoms with Crippen LogP contribution in [0.2, 0.25) is 0 Å². The number of nitrogens with one attached hydrogen (secondary N) is 1. The summed E-state index contributed by atoms with van der Waals surface area (Å²) in [5.74, 6) is 0.507. The highest BCUT2D eigenvalue weighted by atomic mass is 32.1. The highest BCUT2D eigenvalue weighted by Crippen LogP contribution is 2.39. The van der Waals surface area contributed by atoms with Gasteiger partial charge in [0.05, 0.1) is 11.1 Å². The van der Waals surface area contributed by atoms with Crippen molar-refractivity contribution >= 4 is 28.2 Å². The quantitative estimate of drug-likeness (QED) is 0.598. The number of likely N-dealkylation sites (N-methyl/N-ethyl adjacent to an activating group) is 1. The molecule has 1 fully saturated rings. The molecule has 4 rings (SSSR count). The van der Waals surface area contributed by atoms with Crippen molar-refractivity contribution in [3.63, 3.8) is 0 Å². The second-order valence-corrected chi connectivity index (χ2v) is 8.27. The van der Waals surface area contributed by atoms with E-state index in [1.807, 2.05) is 11.9 Å². The molecule has 0 saturated heterocycles. The van der Waals surface area contributed by atoms with E-state index in [1.165, 1.54) is 23.0 Å². The Bertz CT molecular complexity index is 1020. The zero-order valence-corrected chi connectivity index (χ0v) is 17.5. The van der Waals surface area contributed by atoms with Crippen molar-refractivity contribution in [2.24, 2.45) is 0 Å². The van der Waals surface area contributed by atoms with E-state index in [-0.39, 0.29) is 17.9 Å². The summed E-state index contributed by atoms with van der Waals surface area (Å²) in [6.45, 7) is 0. The first-order chi connectivity index (χ1) is 14.8. The van der Waals surface area contributed by atoms with Crippen LogP contribution in [0, 0.1) is 0 Å². The van der Waals surface area contributed by atoms with E-state index in [4.69, 9.17) is 0 Å². The number of halogens is 3. The van der Waals surface area contributed by atoms with Crippen LogP contribution in [-0.4, -0.2) is 34.2 Å². The highest BCUT2D eigenvalue weighted by Gasteiger charge is 2.34. The topological polar surface area (TPSA) is 71.0 Å². The van der Waals surface area contributed by atoms with Crippen LogP contribution < -0.4 is 10.2 Å². The minimum absolute atomic E-state index is 0.116. The van der Waals surface area contributed by atoms with E-state index in [0.717, 1.165) is 37.0 Å². The average Bonchev–Trinajstić information content (AvgIpc) is 3.45. The third kappa shape index (κ3) is 4.68. The van der Waals surface area contributed by atoms with E-state index in [1.54, 1.807) is 24.3 Å². The number of nitrogens with zero attached hydrogens (tertiary/aromatic N) is 4. The van der Waals surface area contributed by atoms with Crippen LogP contribution in [0.3, 0.4) is 0 Å². The fourth-order valence-corrected chi connectivity index (χ4v) is 4.45. The summed E-state index contributed by atoms with van der Waals surface area (Å²) in [6, 6.07) is 9.03. The van der Waals surface area contributed by atoms with Crippen LogP contribution in [0.5, 0.6) is 0 Å². The Kier molecular flexibility index (Phi) is 5.90. The molecule has 3 aromatic rings. The molecule has 1 aromatic carbocycles. The Morgan fingerprint density at radius 3 is 2.55 bits per heavy atom. The van der Waals surface area contributed by atoms with Gasteiger partial charge < -0.3 is 4.90 Å². The molecule has 1 aliphatic carbocycles. The Morgan fingerprint density at radius 1 is 1.16 bits per heavy atom. The Balaban J connectivity index is 1.46. The van der Waals surface area contributed by atoms with E-state index >= 15 is 0 Å². The summed E-state index contributed by atoms with van der Waals surface area (Å²) in [7, 11) is 1.93. The Hall–Kier alpha value is -3.01. The van der Waals surface area contributed by atoms with Gasteiger partial charge >= 0.3 is 6.18 Å². The van der Waals surface area contributed by atoms with Crippen LogP contribution in [0.25, 0.3) is 0 Å². The first-order valence-electron chi connectivity index (χ1n) is 9.76. The molecule has 1 saturated carbocycles. The first-order valence-corrected chi connectivity index (χ1v) is 10.6. The number of alkyl halides is 3. The van der Waals surface area contributed by atoms with Crippen LogP contribution in [0.15, 0.2) is 48.1 Å². The van der Waals surface area contributed by atoms with Crippen molar-refractivity contribution in [2.75, 3.05) is 17.3 Å². The Labute approximate surface area is 181 Å². The van der Waals surface area contributed by atoms with Gasteiger partial charge in [0.1, 0.15) is 11.3 Å². The predicted molar refractivity (Wildman–Crippen MR) is 112 cm³/mol. The van der Waals surface area contributed by atoms with Gasteiger partial charge in [-0.15, -0.1) is 10.2 Å². The van der Waals surface area contributed by atoms with E-state index in [0.29, 0.717) is 16.5 Å². The van der Waals surface area contributed by atoms with Gasteiger partial charge in [-0.3, -0.25) is 10.1 Å². The second-order valence-electron chi connectivity index (χ2n) is 7.44. The smallest absolute Gasteiger partial charge is 0.356 e. The van der Waals surface area contributed by atoms with Crippen molar-refractivity contribution in [2.45, 2.75) is 37.4 Å². The van der Waals surface area contributed by atoms with Gasteiger partial charge in [0.2, 0.25) is 5.13 Å². The summed E-state index contributed by atoms with van der Waals surface area (Å²) >= 11 is 1.23. The molecule has 0 spiro atoms. The van der Waals surface area contributed by atoms with E-state index in [2.05, 4.69) is 20.5 Å². The maximum Gasteiger partial charge on any atom is 0.416 e. The molecule has 0 aliphatic heterocycles. The zero-order valence-electron chi connectivity index (χ0n) is 16.6. The van der Waals surface area contributed by atoms with Crippen molar-refractivity contribution in [1.29, 1.82) is 0 Å². The number of benzene rings is 1. The highest BCUT2D eigenvalue weighted by molar-refractivity contribution is 7.13. The van der Waals surface area contributed by atoms with Gasteiger partial charge in [0.15, 0.2) is 0 Å². The largest absolute Gasteiger partial charge is 0.416 e. The summed E-state index contributed by atoms with van der Waals surface area (Å²) < 4.78 is 38.6. The molecule has 2 aromatic heterocycles. The number of aromatic nitrogens is 3. The number of amides is 1. The van der Waals surface area contributed by atoms with Crippen LogP contribution in [-0.2, 0) is 6.18 Å². The maximum absolute atomic E-state index is 12.9. The van der Waals surface area contributed by atoms with Gasteiger partial charge in [-0.2, -0.15) is 13.2 Å². The van der Waals surface area contributed by atoms with Crippen molar-refractivity contribution < 1.29 is 18.0 Å². The molecule has 162 valence electrons. The fourth-order valence-electron chi connectivity index (χ4n) is 4.01. The molecule has 1 aliphatic rings. The first kappa shape index (κ1) is 21.2. The second kappa shape index (κ2) is 8.62. The molecule has 2 heterocycles. The summed E-state index contributed by atoms with van der Waals surface area (Å²) in [5, 5.41) is 10.5. The number of rotatable bonds is 5. The summed E-state index contributed by atoms with van der Waals surface area (Å²) in [6.07, 6.45) is -0.0163. The number of anilines is 2. The molecule has 1 N–H and O–H groups in total. The summed E-state index contributed by atoms with van der Waals surface area (Å²) in [4.78, 5) is 18.8. The molecule has 0 unspecified atom stereocenters. The number of pyridine rings is 1. The lowest BCUT2D eigenvalue weighted by Gasteiger charge is -2.31. The van der Waals surface area contributed by atoms with Crippen LogP contribution in [0.1, 0.15) is 46.7 Å². The molecule has 31 heavy (non-hydrogen) atoms. The number of carbonyl (C=O) groups is 1. The average molecular weight is 447 g/mol. The lowest BCUT2D eigenvalue weighted by molar-refractivity contribution is -0.137. The van der Waals surface area contributed by atoms with Gasteiger partial charge in [0, 0.05) is 25.2 Å². The van der Waals surface area contributed by atoms with Crippen molar-refractivity contribution in [3.8, 4) is 0 Å². The SMILES string of the molecule is CN(c1ccc(C(=O)Nc2nncs2)cn1)[C@@H]1CCC[C@H]1c1ccc(C(F)(F)F)cc1. The molecule has 0 radical (unpaired) electrons. The normalized spacial score (nSPS) is 18.7. The molecular formula is C21H20F3N5OS. The molecule has 6 nitrogen and oxygen atoms in total. The van der Waals surface area contributed by atoms with Gasteiger partial charge in [0.25, 0.3) is 5.91 Å². The third-order valence-corrected chi connectivity index (χ3v) is 6.20. The van der Waals surface area contributed by atoms with E-state index in [9.17, 15) is 18.0 Å². The third-order valence-electron chi connectivity index (χ3n) is 5.60. The fraction of sp³-hybridized carbons (Fsp3) is 0.333. The standard InChI is InChI=1S/C21H20F3N5OS/c1-29(18-10-7-14(11-25-18)19(30)27-20-28-26-12-31-20)17-4-2-3-16(17)13-5-8-15(9-6-13)21(22,23)24/h5-12,16-17H,2-4H2,1H3,(H,27,28,30)/t16-,17+/m0/s1. The van der Waals surface area contributed by atoms with Gasteiger partial charge in [-0.25, -0.2) is 4.98 Å². The monoisotopic (exact) mass is 447 g/mol. The molecule has 0 bridgehead atoms. The minimum Gasteiger partial charge on any atom is -0.356 e. The van der Waals surface area contributed by atoms with Crippen molar-refractivity contribution in [1.82, 2.24) is 15.2 Å². The van der Waals surface area contributed by atoms with Crippen molar-refractivity contribution in [3.05, 3.63) is 64.8 Å². The van der Waals surface area contributed by atoms with Crippen LogP contribution >= 0.6 is 11.3 Å². The van der Waals surface area contributed by atoms with E-state index < -0.39 is 11.7 Å². The number of carbonyl (C=O) groups excluding carboxylic acids is 1. The number of hydrogen-bond donors (Lipinski definition) is 1. The Morgan fingerprint density at radius 2 is 1.94 bits per heavy atom. The zero-order chi connectivity index (χ0) is 22.0. The molecule has 10 heteroatoms.